The van der Waals surface area contributed by atoms with E-state index in [0.717, 1.165) is 141 Å². The molecule has 0 saturated carbocycles. The van der Waals surface area contributed by atoms with Gasteiger partial charge in [-0.1, -0.05) is 0 Å². The molecule has 1 amide bonds. The van der Waals surface area contributed by atoms with Crippen molar-refractivity contribution in [1.29, 1.82) is 0 Å². The van der Waals surface area contributed by atoms with Crippen LogP contribution < -0.4 is 0 Å². The molecule has 90 heavy (non-hydrogen) atoms. The maximum atomic E-state index is 11.1. The van der Waals surface area contributed by atoms with E-state index in [1.165, 1.54) is 135 Å². The number of rotatable bonds is 0. The Morgan fingerprint density at radius 3 is 1.34 bits per heavy atom. The van der Waals surface area contributed by atoms with E-state index in [1.54, 1.807) is 18.1 Å². The van der Waals surface area contributed by atoms with Crippen molar-refractivity contribution in [3.8, 4) is 0 Å². The highest BCUT2D eigenvalue weighted by molar-refractivity contribution is 7.99. The van der Waals surface area contributed by atoms with Gasteiger partial charge < -0.3 is 67.5 Å². The number of piperazine rings is 2. The number of amides is 1. The number of ether oxygens (including phenoxy) is 7. The van der Waals surface area contributed by atoms with Gasteiger partial charge in [0.2, 0.25) is 5.91 Å². The van der Waals surface area contributed by atoms with Crippen molar-refractivity contribution in [3.63, 3.8) is 0 Å². The Hall–Kier alpha value is -1.65. The summed E-state index contributed by atoms with van der Waals surface area (Å²) < 4.78 is 37.7. The fourth-order valence-electron chi connectivity index (χ4n) is 16.8. The minimum absolute atomic E-state index is 0.000414. The summed E-state index contributed by atoms with van der Waals surface area (Å²) in [6, 6.07) is 4.63. The minimum Gasteiger partial charge on any atom is -0.459 e. The van der Waals surface area contributed by atoms with Crippen LogP contribution in [0.4, 0.5) is 0 Å². The lowest BCUT2D eigenvalue weighted by Gasteiger charge is -2.55. The molecule has 0 aliphatic carbocycles. The summed E-state index contributed by atoms with van der Waals surface area (Å²) in [4.78, 5) is 50.0. The second-order valence-electron chi connectivity index (χ2n) is 30.3. The van der Waals surface area contributed by atoms with E-state index in [2.05, 4.69) is 131 Å². The Kier molecular flexibility index (Phi) is 28.3. The van der Waals surface area contributed by atoms with E-state index in [4.69, 9.17) is 33.2 Å². The van der Waals surface area contributed by atoms with Gasteiger partial charge in [-0.25, -0.2) is 0 Å². The Morgan fingerprint density at radius 1 is 0.456 bits per heavy atom. The molecule has 10 unspecified atom stereocenters. The molecule has 18 rings (SSSR count). The lowest BCUT2D eigenvalue weighted by Crippen LogP contribution is -2.69. The fourth-order valence-corrected chi connectivity index (χ4v) is 18.3. The highest BCUT2D eigenvalue weighted by atomic mass is 32.2. The van der Waals surface area contributed by atoms with Crippen molar-refractivity contribution in [2.75, 3.05) is 253 Å². The standard InChI is InChI=1S/C9H15NO2.C9H17NO.C8H14N2O.C8H14N2.C8H16N2.C7H13NO2.C7H13NO.C7H13NS.C5H11NO2/c1-10-6-4-9(5-7-10)3-2-8(11)12-9;1-10-6-4-9(5-7-10)3-2-8-11-9;1-6(11)10-7-3-8(10)5-9(2)4-7;1-9-3-7-5-10(2)6-8(7)4-9;1-9-5-7-3-4-8(6-9)10(7)2;1-8-4-6-7(5-8)10-3-2-9-6;1-8-2-6-4-9-5-7(6)3-8;1-8-6-2-3-7(8)5-9-4-6;1-6-4-7-2-3-8-5-6/h2-7H2,1H3;2-8H2,1H3;7-8H,3-5H2,1-2H3;3-6H2,1-2H3;7-8H,3-6H2,1-2H3;6-7H,2-5H2,1H3;2*6-7H,2-5H2,1H3;2-5H2,1H3. The van der Waals surface area contributed by atoms with Crippen LogP contribution in [0.3, 0.4) is 0 Å². The van der Waals surface area contributed by atoms with Gasteiger partial charge in [-0.3, -0.25) is 34.1 Å². The SMILES string of the molecule is CC(=O)N1C2CC1CN(C)C2.CN1C2CCC1CSC2.CN1CC2=C(C1)CN(C)C2.CN1CC2CCC(C1)N2C.CN1CC2COCC2C1.CN1CC2OCCOC2C1.CN1CCC2(CCC(=O)O2)CC1.CN1CCC2(CCCO2)CC1.CN1COCCOC1. The number of nitrogens with zero attached hydrogens (tertiary/aromatic N) is 12. The summed E-state index contributed by atoms with van der Waals surface area (Å²) in [5, 5.41) is 0. The van der Waals surface area contributed by atoms with Gasteiger partial charge in [0.05, 0.1) is 57.5 Å². The average molecular weight is 1290 g/mol. The number of hydrogen-bond acceptors (Lipinski definition) is 21. The van der Waals surface area contributed by atoms with Crippen LogP contribution in [0.15, 0.2) is 11.1 Å². The number of likely N-dealkylation sites (N-methyl/N-ethyl adjacent to an activating group) is 6. The third kappa shape index (κ3) is 21.2. The summed E-state index contributed by atoms with van der Waals surface area (Å²) in [7, 11) is 23.9. The molecule has 0 radical (unpaired) electrons. The zero-order valence-corrected chi connectivity index (χ0v) is 59.3. The third-order valence-electron chi connectivity index (χ3n) is 22.4. The zero-order chi connectivity index (χ0) is 64.0. The first-order valence-electron chi connectivity index (χ1n) is 35.2. The molecule has 0 aromatic heterocycles. The molecule has 6 bridgehead atoms. The van der Waals surface area contributed by atoms with Gasteiger partial charge in [0.1, 0.15) is 19.1 Å². The molecule has 518 valence electrons. The molecule has 0 aromatic carbocycles. The Morgan fingerprint density at radius 2 is 0.900 bits per heavy atom. The van der Waals surface area contributed by atoms with Crippen LogP contribution in [0.5, 0.6) is 0 Å². The third-order valence-corrected chi connectivity index (χ3v) is 23.6. The smallest absolute Gasteiger partial charge is 0.306 e. The van der Waals surface area contributed by atoms with Gasteiger partial charge in [-0.15, -0.1) is 0 Å². The molecule has 18 aliphatic heterocycles. The predicted octanol–water partition coefficient (Wildman–Crippen LogP) is 3.52. The highest BCUT2D eigenvalue weighted by Crippen LogP contribution is 2.38. The van der Waals surface area contributed by atoms with E-state index in [-0.39, 0.29) is 17.5 Å². The van der Waals surface area contributed by atoms with Gasteiger partial charge in [0, 0.05) is 184 Å². The number of carbonyl (C=O) groups excluding carboxylic acids is 2. The monoisotopic (exact) mass is 1290 g/mol. The first-order chi connectivity index (χ1) is 43.2. The van der Waals surface area contributed by atoms with Gasteiger partial charge in [-0.2, -0.15) is 11.8 Å². The molecule has 16 saturated heterocycles. The number of carbonyl (C=O) groups is 2. The molecule has 21 nitrogen and oxygen atoms in total. The zero-order valence-electron chi connectivity index (χ0n) is 58.5. The number of hydrogen-bond donors (Lipinski definition) is 0. The van der Waals surface area contributed by atoms with Crippen LogP contribution >= 0.6 is 11.8 Å². The van der Waals surface area contributed by atoms with E-state index in [9.17, 15) is 9.59 Å². The van der Waals surface area contributed by atoms with Crippen molar-refractivity contribution in [2.24, 2.45) is 11.8 Å². The molecule has 0 aromatic rings. The molecule has 2 spiro atoms. The summed E-state index contributed by atoms with van der Waals surface area (Å²) in [6.07, 6.45) is 16.4. The van der Waals surface area contributed by atoms with Crippen molar-refractivity contribution >= 4 is 23.6 Å². The first-order valence-corrected chi connectivity index (χ1v) is 36.4. The van der Waals surface area contributed by atoms with Gasteiger partial charge in [0.15, 0.2) is 0 Å². The van der Waals surface area contributed by atoms with Gasteiger partial charge >= 0.3 is 5.97 Å². The number of esters is 1. The van der Waals surface area contributed by atoms with Crippen LogP contribution in [0.25, 0.3) is 0 Å². The van der Waals surface area contributed by atoms with Crippen LogP contribution in [-0.4, -0.2) is 384 Å². The lowest BCUT2D eigenvalue weighted by molar-refractivity contribution is -0.152. The van der Waals surface area contributed by atoms with E-state index < -0.39 is 0 Å². The van der Waals surface area contributed by atoms with Crippen molar-refractivity contribution in [3.05, 3.63) is 11.1 Å². The van der Waals surface area contributed by atoms with Crippen LogP contribution in [0.1, 0.15) is 90.4 Å². The number of likely N-dealkylation sites (tertiary alicyclic amines) is 5. The Bertz CT molecular complexity index is 2090. The summed E-state index contributed by atoms with van der Waals surface area (Å²) in [5.41, 5.74) is 3.59. The minimum atomic E-state index is -0.0659. The maximum Gasteiger partial charge on any atom is 0.306 e. The van der Waals surface area contributed by atoms with E-state index in [1.807, 2.05) is 16.8 Å². The molecule has 16 fully saturated rings. The summed E-state index contributed by atoms with van der Waals surface area (Å²) in [6.45, 7) is 27.8. The molecule has 10 atom stereocenters. The maximum absolute atomic E-state index is 11.1. The number of piperidine rings is 3. The largest absolute Gasteiger partial charge is 0.459 e. The molecule has 18 aliphatic rings. The van der Waals surface area contributed by atoms with Crippen molar-refractivity contribution in [2.45, 2.75) is 150 Å². The second kappa shape index (κ2) is 35.0. The van der Waals surface area contributed by atoms with Crippen molar-refractivity contribution < 1.29 is 42.7 Å². The molecule has 18 heterocycles. The first kappa shape index (κ1) is 72.6. The van der Waals surface area contributed by atoms with E-state index >= 15 is 0 Å². The molecule has 22 heteroatoms. The Balaban J connectivity index is 0.000000120. The predicted molar refractivity (Wildman–Crippen MR) is 359 cm³/mol. The average Bonchev–Trinajstić information content (AvgIpc) is 1.48. The number of fused-ring (bicyclic) bond motifs is 8. The van der Waals surface area contributed by atoms with Crippen LogP contribution in [0, 0.1) is 11.8 Å². The topological polar surface area (TPSA) is 138 Å². The normalized spacial score (nSPS) is 35.7. The second-order valence-corrected chi connectivity index (χ2v) is 31.3. The van der Waals surface area contributed by atoms with Crippen LogP contribution in [0.2, 0.25) is 0 Å². The summed E-state index contributed by atoms with van der Waals surface area (Å²) >= 11 is 2.14. The highest BCUT2D eigenvalue weighted by Gasteiger charge is 2.46. The molecular formula is C68H126N12O9S. The quantitative estimate of drug-likeness (QED) is 0.258. The van der Waals surface area contributed by atoms with Gasteiger partial charge in [0.25, 0.3) is 0 Å². The fraction of sp³-hybridized carbons (Fsp3) is 0.941. The Labute approximate surface area is 549 Å². The van der Waals surface area contributed by atoms with Gasteiger partial charge in [-0.05, 0) is 166 Å². The van der Waals surface area contributed by atoms with E-state index in [0.29, 0.717) is 49.8 Å². The molecular weight excluding hydrogens is 1160 g/mol. The lowest BCUT2D eigenvalue weighted by atomic mass is 9.88. The number of thioether (sulfide) groups is 1. The molecule has 0 N–H and O–H groups in total. The van der Waals surface area contributed by atoms with Crippen molar-refractivity contribution in [1.82, 2.24) is 58.8 Å². The summed E-state index contributed by atoms with van der Waals surface area (Å²) in [5.74, 6) is 4.73. The van der Waals surface area contributed by atoms with Crippen LogP contribution in [-0.2, 0) is 42.7 Å².